The number of aryl methyl sites for hydroxylation is 2. The first-order valence-electron chi connectivity index (χ1n) is 6.47. The third kappa shape index (κ3) is 2.45. The summed E-state index contributed by atoms with van der Waals surface area (Å²) in [4.78, 5) is 0. The van der Waals surface area contributed by atoms with Crippen LogP contribution in [0.25, 0.3) is 10.8 Å². The fourth-order valence-corrected chi connectivity index (χ4v) is 2.26. The average molecular weight is 268 g/mol. The molecule has 0 saturated carbocycles. The van der Waals surface area contributed by atoms with Crippen LogP contribution in [-0.2, 0) is 13.7 Å². The lowest BCUT2D eigenvalue weighted by Crippen LogP contribution is -2.02. The van der Waals surface area contributed by atoms with Crippen LogP contribution in [0.3, 0.4) is 0 Å². The summed E-state index contributed by atoms with van der Waals surface area (Å²) in [6.07, 6.45) is 0. The Labute approximate surface area is 117 Å². The predicted octanol–water partition coefficient (Wildman–Crippen LogP) is 3.17. The van der Waals surface area contributed by atoms with Gasteiger partial charge in [0.25, 0.3) is 0 Å². The van der Waals surface area contributed by atoms with Gasteiger partial charge in [0.1, 0.15) is 18.1 Å². The van der Waals surface area contributed by atoms with Gasteiger partial charge in [-0.3, -0.25) is 4.68 Å². The Morgan fingerprint density at radius 1 is 1.10 bits per heavy atom. The standard InChI is InChI=1S/C16H16N2O2/c1-11-7-14(18(2)17-11)10-20-16-6-4-12-3-5-15(19)8-13(12)9-16/h3-9,19H,10H2,1-2H3. The molecule has 2 aromatic carbocycles. The first-order valence-corrected chi connectivity index (χ1v) is 6.47. The predicted molar refractivity (Wildman–Crippen MR) is 77.9 cm³/mol. The van der Waals surface area contributed by atoms with Crippen molar-refractivity contribution in [1.29, 1.82) is 0 Å². The maximum atomic E-state index is 9.52. The Morgan fingerprint density at radius 3 is 2.65 bits per heavy atom. The summed E-state index contributed by atoms with van der Waals surface area (Å²) < 4.78 is 7.61. The Morgan fingerprint density at radius 2 is 1.90 bits per heavy atom. The van der Waals surface area contributed by atoms with Crippen LogP contribution in [0, 0.1) is 6.92 Å². The number of rotatable bonds is 3. The molecule has 1 heterocycles. The zero-order valence-corrected chi connectivity index (χ0v) is 11.5. The van der Waals surface area contributed by atoms with E-state index in [2.05, 4.69) is 5.10 Å². The molecule has 4 heteroatoms. The average Bonchev–Trinajstić information content (AvgIpc) is 2.74. The summed E-state index contributed by atoms with van der Waals surface area (Å²) in [6, 6.07) is 13.2. The summed E-state index contributed by atoms with van der Waals surface area (Å²) >= 11 is 0. The van der Waals surface area contributed by atoms with E-state index in [1.54, 1.807) is 12.1 Å². The van der Waals surface area contributed by atoms with Crippen molar-refractivity contribution in [2.45, 2.75) is 13.5 Å². The van der Waals surface area contributed by atoms with Gasteiger partial charge in [-0.25, -0.2) is 0 Å². The van der Waals surface area contributed by atoms with Gasteiger partial charge in [0.15, 0.2) is 0 Å². The molecule has 1 aromatic heterocycles. The van der Waals surface area contributed by atoms with Gasteiger partial charge in [0.05, 0.1) is 11.4 Å². The van der Waals surface area contributed by atoms with Gasteiger partial charge in [-0.2, -0.15) is 5.10 Å². The minimum atomic E-state index is 0.261. The monoisotopic (exact) mass is 268 g/mol. The van der Waals surface area contributed by atoms with Crippen molar-refractivity contribution in [3.63, 3.8) is 0 Å². The van der Waals surface area contributed by atoms with E-state index in [1.807, 2.05) is 49.0 Å². The molecule has 3 aromatic rings. The molecule has 0 atom stereocenters. The molecule has 0 bridgehead atoms. The number of fused-ring (bicyclic) bond motifs is 1. The van der Waals surface area contributed by atoms with E-state index in [0.29, 0.717) is 6.61 Å². The van der Waals surface area contributed by atoms with E-state index in [4.69, 9.17) is 4.74 Å². The smallest absolute Gasteiger partial charge is 0.130 e. The van der Waals surface area contributed by atoms with Gasteiger partial charge in [0, 0.05) is 7.05 Å². The van der Waals surface area contributed by atoms with Gasteiger partial charge < -0.3 is 9.84 Å². The maximum Gasteiger partial charge on any atom is 0.130 e. The second kappa shape index (κ2) is 4.89. The molecule has 0 radical (unpaired) electrons. The molecule has 20 heavy (non-hydrogen) atoms. The van der Waals surface area contributed by atoms with Crippen LogP contribution < -0.4 is 4.74 Å². The fraction of sp³-hybridized carbons (Fsp3) is 0.188. The molecule has 1 N–H and O–H groups in total. The number of aromatic hydroxyl groups is 1. The summed E-state index contributed by atoms with van der Waals surface area (Å²) in [5.74, 6) is 1.04. The summed E-state index contributed by atoms with van der Waals surface area (Å²) in [5.41, 5.74) is 2.01. The molecule has 0 fully saturated rings. The first-order chi connectivity index (χ1) is 9.61. The lowest BCUT2D eigenvalue weighted by molar-refractivity contribution is 0.295. The van der Waals surface area contributed by atoms with Gasteiger partial charge in [0.2, 0.25) is 0 Å². The first kappa shape index (κ1) is 12.5. The third-order valence-corrected chi connectivity index (χ3v) is 3.28. The lowest BCUT2D eigenvalue weighted by Gasteiger charge is -2.07. The maximum absolute atomic E-state index is 9.52. The molecule has 0 saturated heterocycles. The molecule has 4 nitrogen and oxygen atoms in total. The summed E-state index contributed by atoms with van der Waals surface area (Å²) in [6.45, 7) is 2.43. The van der Waals surface area contributed by atoms with Crippen molar-refractivity contribution < 1.29 is 9.84 Å². The van der Waals surface area contributed by atoms with Crippen LogP contribution in [0.2, 0.25) is 0 Å². The van der Waals surface area contributed by atoms with Crippen LogP contribution in [0.15, 0.2) is 42.5 Å². The van der Waals surface area contributed by atoms with E-state index in [9.17, 15) is 5.11 Å². The van der Waals surface area contributed by atoms with E-state index in [-0.39, 0.29) is 5.75 Å². The minimum Gasteiger partial charge on any atom is -0.508 e. The van der Waals surface area contributed by atoms with Crippen molar-refractivity contribution in [2.75, 3.05) is 0 Å². The van der Waals surface area contributed by atoms with Crippen molar-refractivity contribution in [1.82, 2.24) is 9.78 Å². The number of hydrogen-bond acceptors (Lipinski definition) is 3. The van der Waals surface area contributed by atoms with Crippen molar-refractivity contribution >= 4 is 10.8 Å². The molecular formula is C16H16N2O2. The molecule has 3 rings (SSSR count). The van der Waals surface area contributed by atoms with E-state index in [1.165, 1.54) is 0 Å². The number of nitrogens with zero attached hydrogens (tertiary/aromatic N) is 2. The molecule has 102 valence electrons. The number of hydrogen-bond donors (Lipinski definition) is 1. The topological polar surface area (TPSA) is 47.3 Å². The van der Waals surface area contributed by atoms with Crippen molar-refractivity contribution in [3.8, 4) is 11.5 Å². The van der Waals surface area contributed by atoms with Gasteiger partial charge in [-0.15, -0.1) is 0 Å². The highest BCUT2D eigenvalue weighted by molar-refractivity contribution is 5.85. The second-order valence-electron chi connectivity index (χ2n) is 4.88. The van der Waals surface area contributed by atoms with Gasteiger partial charge >= 0.3 is 0 Å². The highest BCUT2D eigenvalue weighted by Gasteiger charge is 2.04. The molecule has 0 aliphatic heterocycles. The minimum absolute atomic E-state index is 0.261. The largest absolute Gasteiger partial charge is 0.508 e. The fourth-order valence-electron chi connectivity index (χ4n) is 2.26. The molecule has 0 unspecified atom stereocenters. The molecule has 0 aliphatic carbocycles. The second-order valence-corrected chi connectivity index (χ2v) is 4.88. The molecular weight excluding hydrogens is 252 g/mol. The Hall–Kier alpha value is -2.49. The lowest BCUT2D eigenvalue weighted by atomic mass is 10.1. The quantitative estimate of drug-likeness (QED) is 0.793. The summed E-state index contributed by atoms with van der Waals surface area (Å²) in [7, 11) is 1.91. The molecule has 0 spiro atoms. The van der Waals surface area contributed by atoms with E-state index < -0.39 is 0 Å². The number of benzene rings is 2. The zero-order chi connectivity index (χ0) is 14.1. The van der Waals surface area contributed by atoms with Crippen LogP contribution in [0.4, 0.5) is 0 Å². The Balaban J connectivity index is 1.82. The highest BCUT2D eigenvalue weighted by atomic mass is 16.5. The van der Waals surface area contributed by atoms with Crippen molar-refractivity contribution in [3.05, 3.63) is 53.9 Å². The number of phenols is 1. The molecule has 0 amide bonds. The van der Waals surface area contributed by atoms with E-state index >= 15 is 0 Å². The summed E-state index contributed by atoms with van der Waals surface area (Å²) in [5, 5.41) is 15.8. The zero-order valence-electron chi connectivity index (χ0n) is 11.5. The number of phenolic OH excluding ortho intramolecular Hbond substituents is 1. The highest BCUT2D eigenvalue weighted by Crippen LogP contribution is 2.24. The Bertz CT molecular complexity index is 762. The van der Waals surface area contributed by atoms with Crippen molar-refractivity contribution in [2.24, 2.45) is 7.05 Å². The third-order valence-electron chi connectivity index (χ3n) is 3.28. The number of aromatic nitrogens is 2. The normalized spacial score (nSPS) is 10.9. The molecule has 0 aliphatic rings. The van der Waals surface area contributed by atoms with Gasteiger partial charge in [-0.1, -0.05) is 12.1 Å². The van der Waals surface area contributed by atoms with E-state index in [0.717, 1.165) is 27.9 Å². The number of ether oxygens (including phenoxy) is 1. The van der Waals surface area contributed by atoms with Crippen LogP contribution in [-0.4, -0.2) is 14.9 Å². The van der Waals surface area contributed by atoms with Crippen LogP contribution in [0.1, 0.15) is 11.4 Å². The van der Waals surface area contributed by atoms with Crippen LogP contribution in [0.5, 0.6) is 11.5 Å². The SMILES string of the molecule is Cc1cc(COc2ccc3ccc(O)cc3c2)n(C)n1. The van der Waals surface area contributed by atoms with Gasteiger partial charge in [-0.05, 0) is 48.0 Å². The Kier molecular flexibility index (Phi) is 3.06. The van der Waals surface area contributed by atoms with Crippen LogP contribution >= 0.6 is 0 Å².